The molecule has 1 aliphatic heterocycles. The van der Waals surface area contributed by atoms with Gasteiger partial charge in [0.1, 0.15) is 5.82 Å². The molecule has 0 aromatic carbocycles. The van der Waals surface area contributed by atoms with Crippen LogP contribution < -0.4 is 5.32 Å². The van der Waals surface area contributed by atoms with Gasteiger partial charge in [-0.1, -0.05) is 13.8 Å². The highest BCUT2D eigenvalue weighted by Crippen LogP contribution is 2.20. The average Bonchev–Trinajstić information content (AvgIpc) is 2.97. The Balaban J connectivity index is 1.95. The third-order valence-corrected chi connectivity index (χ3v) is 3.43. The van der Waals surface area contributed by atoms with Crippen LogP contribution in [0.3, 0.4) is 0 Å². The van der Waals surface area contributed by atoms with Crippen molar-refractivity contribution < 1.29 is 4.74 Å². The molecular formula is C13H24N4O. The van der Waals surface area contributed by atoms with Crippen molar-refractivity contribution in [3.05, 3.63) is 11.6 Å². The van der Waals surface area contributed by atoms with Gasteiger partial charge in [0.05, 0.1) is 18.8 Å². The molecule has 5 nitrogen and oxygen atoms in total. The van der Waals surface area contributed by atoms with Crippen LogP contribution in [-0.4, -0.2) is 40.6 Å². The molecule has 0 bridgehead atoms. The van der Waals surface area contributed by atoms with Crippen molar-refractivity contribution in [1.82, 2.24) is 20.1 Å². The molecule has 5 heteroatoms. The summed E-state index contributed by atoms with van der Waals surface area (Å²) in [5.41, 5.74) is 0. The van der Waals surface area contributed by atoms with Crippen LogP contribution in [-0.2, 0) is 24.1 Å². The quantitative estimate of drug-likeness (QED) is 0.826. The number of nitrogens with one attached hydrogen (secondary N) is 1. The van der Waals surface area contributed by atoms with Crippen LogP contribution in [0.1, 0.15) is 38.3 Å². The van der Waals surface area contributed by atoms with E-state index < -0.39 is 0 Å². The fraction of sp³-hybridized carbons (Fsp3) is 0.846. The maximum Gasteiger partial charge on any atom is 0.150 e. The molecule has 2 unspecified atom stereocenters. The number of aryl methyl sites for hydroxylation is 2. The Kier molecular flexibility index (Phi) is 4.72. The van der Waals surface area contributed by atoms with Crippen LogP contribution in [0, 0.1) is 0 Å². The summed E-state index contributed by atoms with van der Waals surface area (Å²) in [6.07, 6.45) is 4.74. The normalized spacial score (nSPS) is 23.7. The summed E-state index contributed by atoms with van der Waals surface area (Å²) in [7, 11) is 1.97. The van der Waals surface area contributed by atoms with Gasteiger partial charge in [-0.2, -0.15) is 5.10 Å². The molecule has 1 saturated heterocycles. The van der Waals surface area contributed by atoms with E-state index in [9.17, 15) is 0 Å². The Morgan fingerprint density at radius 3 is 2.72 bits per heavy atom. The molecule has 0 spiro atoms. The van der Waals surface area contributed by atoms with Crippen LogP contribution >= 0.6 is 0 Å². The second kappa shape index (κ2) is 6.29. The average molecular weight is 252 g/mol. The number of ether oxygens (including phenoxy) is 1. The number of hydrogen-bond acceptors (Lipinski definition) is 4. The first-order valence-electron chi connectivity index (χ1n) is 6.99. The van der Waals surface area contributed by atoms with Gasteiger partial charge in [0.25, 0.3) is 0 Å². The van der Waals surface area contributed by atoms with Gasteiger partial charge >= 0.3 is 0 Å². The molecule has 1 aromatic heterocycles. The minimum Gasteiger partial charge on any atom is -0.372 e. The highest BCUT2D eigenvalue weighted by Gasteiger charge is 2.25. The molecule has 2 rings (SSSR count). The zero-order valence-corrected chi connectivity index (χ0v) is 11.6. The first-order valence-corrected chi connectivity index (χ1v) is 6.99. The van der Waals surface area contributed by atoms with Crippen LogP contribution in [0.4, 0.5) is 0 Å². The van der Waals surface area contributed by atoms with Crippen LogP contribution in [0.2, 0.25) is 0 Å². The summed E-state index contributed by atoms with van der Waals surface area (Å²) in [5, 5.41) is 7.71. The number of hydrogen-bond donors (Lipinski definition) is 1. The zero-order valence-electron chi connectivity index (χ0n) is 11.6. The first-order chi connectivity index (χ1) is 8.76. The summed E-state index contributed by atoms with van der Waals surface area (Å²) < 4.78 is 8.03. The van der Waals surface area contributed by atoms with Gasteiger partial charge in [0.2, 0.25) is 0 Å². The van der Waals surface area contributed by atoms with Gasteiger partial charge in [0, 0.05) is 19.4 Å². The molecule has 1 fully saturated rings. The summed E-state index contributed by atoms with van der Waals surface area (Å²) in [5.74, 6) is 2.02. The van der Waals surface area contributed by atoms with Gasteiger partial charge < -0.3 is 10.1 Å². The maximum atomic E-state index is 6.00. The third kappa shape index (κ3) is 3.09. The molecule has 0 aliphatic carbocycles. The molecule has 1 aliphatic rings. The van der Waals surface area contributed by atoms with Crippen LogP contribution in [0.15, 0.2) is 0 Å². The minimum atomic E-state index is 0.292. The van der Waals surface area contributed by atoms with E-state index in [0.29, 0.717) is 12.2 Å². The van der Waals surface area contributed by atoms with E-state index in [4.69, 9.17) is 4.74 Å². The Hall–Kier alpha value is -0.940. The first kappa shape index (κ1) is 13.5. The lowest BCUT2D eigenvalue weighted by Crippen LogP contribution is -2.25. The van der Waals surface area contributed by atoms with Crippen molar-refractivity contribution in [2.24, 2.45) is 0 Å². The highest BCUT2D eigenvalue weighted by molar-refractivity contribution is 4.93. The molecule has 102 valence electrons. The SMILES string of the molecule is CCc1nc(CC)n(CC2CCC(CNC)O2)n1. The molecule has 18 heavy (non-hydrogen) atoms. The number of likely N-dealkylation sites (N-methyl/N-ethyl adjacent to an activating group) is 1. The lowest BCUT2D eigenvalue weighted by atomic mass is 10.2. The lowest BCUT2D eigenvalue weighted by Gasteiger charge is -2.14. The van der Waals surface area contributed by atoms with Gasteiger partial charge in [0.15, 0.2) is 5.82 Å². The third-order valence-electron chi connectivity index (χ3n) is 3.43. The van der Waals surface area contributed by atoms with Crippen LogP contribution in [0.25, 0.3) is 0 Å². The fourth-order valence-electron chi connectivity index (χ4n) is 2.47. The fourth-order valence-corrected chi connectivity index (χ4v) is 2.47. The minimum absolute atomic E-state index is 0.292. The van der Waals surface area contributed by atoms with E-state index in [1.165, 1.54) is 0 Å². The Morgan fingerprint density at radius 1 is 1.28 bits per heavy atom. The smallest absolute Gasteiger partial charge is 0.150 e. The van der Waals surface area contributed by atoms with E-state index in [-0.39, 0.29) is 0 Å². The summed E-state index contributed by atoms with van der Waals surface area (Å²) in [6, 6.07) is 0. The van der Waals surface area contributed by atoms with Crippen molar-refractivity contribution in [1.29, 1.82) is 0 Å². The standard InChI is InChI=1S/C13H24N4O/c1-4-12-15-13(5-2)17(16-12)9-11-7-6-10(18-11)8-14-3/h10-11,14H,4-9H2,1-3H3. The van der Waals surface area contributed by atoms with Gasteiger partial charge in [-0.25, -0.2) is 9.67 Å². The molecule has 1 N–H and O–H groups in total. The number of nitrogens with zero attached hydrogens (tertiary/aromatic N) is 3. The largest absolute Gasteiger partial charge is 0.372 e. The topological polar surface area (TPSA) is 52.0 Å². The van der Waals surface area contributed by atoms with Crippen LogP contribution in [0.5, 0.6) is 0 Å². The Morgan fingerprint density at radius 2 is 2.06 bits per heavy atom. The predicted molar refractivity (Wildman–Crippen MR) is 70.6 cm³/mol. The second-order valence-corrected chi connectivity index (χ2v) is 4.85. The van der Waals surface area contributed by atoms with Crippen molar-refractivity contribution >= 4 is 0 Å². The summed E-state index contributed by atoms with van der Waals surface area (Å²) in [4.78, 5) is 4.53. The molecule has 0 radical (unpaired) electrons. The van der Waals surface area contributed by atoms with Gasteiger partial charge in [-0.3, -0.25) is 0 Å². The van der Waals surface area contributed by atoms with E-state index in [1.54, 1.807) is 0 Å². The number of aromatic nitrogens is 3. The van der Waals surface area contributed by atoms with E-state index in [0.717, 1.165) is 50.4 Å². The zero-order chi connectivity index (χ0) is 13.0. The monoisotopic (exact) mass is 252 g/mol. The molecule has 0 amide bonds. The Bertz CT molecular complexity index is 377. The molecule has 0 saturated carbocycles. The van der Waals surface area contributed by atoms with E-state index >= 15 is 0 Å². The van der Waals surface area contributed by atoms with Crippen molar-refractivity contribution in [3.63, 3.8) is 0 Å². The van der Waals surface area contributed by atoms with Gasteiger partial charge in [-0.05, 0) is 19.9 Å². The second-order valence-electron chi connectivity index (χ2n) is 4.85. The molecular weight excluding hydrogens is 228 g/mol. The lowest BCUT2D eigenvalue weighted by molar-refractivity contribution is 0.0346. The molecule has 2 heterocycles. The Labute approximate surface area is 109 Å². The van der Waals surface area contributed by atoms with Crippen molar-refractivity contribution in [3.8, 4) is 0 Å². The molecule has 2 atom stereocenters. The summed E-state index contributed by atoms with van der Waals surface area (Å²) >= 11 is 0. The highest BCUT2D eigenvalue weighted by atomic mass is 16.5. The van der Waals surface area contributed by atoms with Crippen molar-refractivity contribution in [2.45, 2.75) is 58.3 Å². The maximum absolute atomic E-state index is 6.00. The summed E-state index contributed by atoms with van der Waals surface area (Å²) in [6.45, 7) is 6.00. The van der Waals surface area contributed by atoms with E-state index in [2.05, 4.69) is 29.2 Å². The molecule has 1 aromatic rings. The van der Waals surface area contributed by atoms with Crippen molar-refractivity contribution in [2.75, 3.05) is 13.6 Å². The predicted octanol–water partition coefficient (Wildman–Crippen LogP) is 1.17. The number of rotatable bonds is 6. The van der Waals surface area contributed by atoms with Gasteiger partial charge in [-0.15, -0.1) is 0 Å². The van der Waals surface area contributed by atoms with E-state index in [1.807, 2.05) is 11.7 Å².